The second-order valence-corrected chi connectivity index (χ2v) is 6.93. The minimum absolute atomic E-state index is 0.171. The Bertz CT molecular complexity index is 518. The number of likely N-dealkylation sites (tertiary alicyclic amines) is 1. The molecule has 0 radical (unpaired) electrons. The van der Waals surface area contributed by atoms with Gasteiger partial charge in [-0.2, -0.15) is 0 Å². The topological polar surface area (TPSA) is 24.9 Å². The number of ether oxygens (including phenoxy) is 2. The van der Waals surface area contributed by atoms with Gasteiger partial charge in [-0.25, -0.2) is 4.39 Å². The number of halogens is 1. The van der Waals surface area contributed by atoms with Gasteiger partial charge >= 0.3 is 0 Å². The lowest BCUT2D eigenvalue weighted by Gasteiger charge is -2.38. The van der Waals surface area contributed by atoms with E-state index in [4.69, 9.17) is 9.47 Å². The average Bonchev–Trinajstić information content (AvgIpc) is 3.19. The van der Waals surface area contributed by atoms with Gasteiger partial charge in [-0.1, -0.05) is 12.1 Å². The Balaban J connectivity index is 1.37. The molecule has 4 rings (SSSR count). The van der Waals surface area contributed by atoms with Crippen LogP contribution < -0.4 is 0 Å². The highest BCUT2D eigenvalue weighted by atomic mass is 19.1. The molecule has 3 aliphatic rings. The molecule has 3 atom stereocenters. The molecule has 0 aromatic heterocycles. The van der Waals surface area contributed by atoms with E-state index in [1.165, 1.54) is 12.8 Å². The van der Waals surface area contributed by atoms with Crippen molar-refractivity contribution >= 4 is 0 Å². The zero-order valence-electron chi connectivity index (χ0n) is 13.5. The third-order valence-electron chi connectivity index (χ3n) is 5.27. The lowest BCUT2D eigenvalue weighted by Crippen LogP contribution is -2.52. The van der Waals surface area contributed by atoms with Gasteiger partial charge in [0, 0.05) is 45.4 Å². The smallest absolute Gasteiger partial charge is 0.123 e. The molecule has 0 N–H and O–H groups in total. The first-order valence-electron chi connectivity index (χ1n) is 8.72. The maximum absolute atomic E-state index is 13.0. The Hall–Kier alpha value is -1.01. The fourth-order valence-corrected chi connectivity index (χ4v) is 4.09. The van der Waals surface area contributed by atoms with E-state index in [0.29, 0.717) is 18.2 Å². The quantitative estimate of drug-likeness (QED) is 0.846. The van der Waals surface area contributed by atoms with Crippen LogP contribution in [0.2, 0.25) is 0 Å². The molecule has 5 heteroatoms. The molecule has 4 nitrogen and oxygen atoms in total. The van der Waals surface area contributed by atoms with Crippen LogP contribution >= 0.6 is 0 Å². The van der Waals surface area contributed by atoms with Gasteiger partial charge in [0.1, 0.15) is 5.82 Å². The number of hydrogen-bond donors (Lipinski definition) is 0. The van der Waals surface area contributed by atoms with Crippen molar-refractivity contribution in [1.29, 1.82) is 0 Å². The summed E-state index contributed by atoms with van der Waals surface area (Å²) in [5.41, 5.74) is 1.16. The molecule has 1 unspecified atom stereocenters. The average molecular weight is 320 g/mol. The monoisotopic (exact) mass is 320 g/mol. The van der Waals surface area contributed by atoms with E-state index >= 15 is 0 Å². The van der Waals surface area contributed by atoms with E-state index in [0.717, 1.165) is 51.5 Å². The first-order chi connectivity index (χ1) is 11.3. The van der Waals surface area contributed by atoms with E-state index in [9.17, 15) is 4.39 Å². The maximum atomic E-state index is 13.0. The standard InChI is InChI=1S/C18H25FN2O2/c19-15-5-3-14(4-6-15)10-20-12-17-18(13-20)23-9-7-21(17)11-16-2-1-8-22-16/h3-6,16-18H,1-2,7-13H2/t16?,17-,18+/m1/s1. The molecular formula is C18H25FN2O2. The summed E-state index contributed by atoms with van der Waals surface area (Å²) in [6, 6.07) is 7.30. The van der Waals surface area contributed by atoms with Gasteiger partial charge in [0.2, 0.25) is 0 Å². The minimum Gasteiger partial charge on any atom is -0.377 e. The number of hydrogen-bond acceptors (Lipinski definition) is 4. The summed E-state index contributed by atoms with van der Waals surface area (Å²) in [7, 11) is 0. The summed E-state index contributed by atoms with van der Waals surface area (Å²) in [5, 5.41) is 0. The predicted molar refractivity (Wildman–Crippen MR) is 85.8 cm³/mol. The zero-order chi connectivity index (χ0) is 15.6. The third-order valence-corrected chi connectivity index (χ3v) is 5.27. The molecular weight excluding hydrogens is 295 g/mol. The molecule has 1 aromatic carbocycles. The second kappa shape index (κ2) is 6.85. The maximum Gasteiger partial charge on any atom is 0.123 e. The van der Waals surface area contributed by atoms with Gasteiger partial charge in [0.05, 0.1) is 18.8 Å². The van der Waals surface area contributed by atoms with Crippen molar-refractivity contribution in [3.8, 4) is 0 Å². The highest BCUT2D eigenvalue weighted by molar-refractivity contribution is 5.16. The minimum atomic E-state index is -0.171. The predicted octanol–water partition coefficient (Wildman–Crippen LogP) is 1.89. The molecule has 3 aliphatic heterocycles. The summed E-state index contributed by atoms with van der Waals surface area (Å²) in [5.74, 6) is -0.171. The Kier molecular flexibility index (Phi) is 4.62. The fraction of sp³-hybridized carbons (Fsp3) is 0.667. The van der Waals surface area contributed by atoms with Crippen molar-refractivity contribution in [2.75, 3.05) is 39.4 Å². The van der Waals surface area contributed by atoms with Crippen LogP contribution in [-0.2, 0) is 16.0 Å². The van der Waals surface area contributed by atoms with Crippen LogP contribution in [0.15, 0.2) is 24.3 Å². The second-order valence-electron chi connectivity index (χ2n) is 6.93. The lowest BCUT2D eigenvalue weighted by atomic mass is 10.1. The number of rotatable bonds is 4. The van der Waals surface area contributed by atoms with Gasteiger partial charge in [0.15, 0.2) is 0 Å². The summed E-state index contributed by atoms with van der Waals surface area (Å²) in [6.45, 7) is 6.63. The van der Waals surface area contributed by atoms with Crippen molar-refractivity contribution in [2.45, 2.75) is 37.6 Å². The molecule has 0 amide bonds. The highest BCUT2D eigenvalue weighted by Crippen LogP contribution is 2.26. The van der Waals surface area contributed by atoms with Crippen LogP contribution in [0.3, 0.4) is 0 Å². The van der Waals surface area contributed by atoms with Gasteiger partial charge in [-0.15, -0.1) is 0 Å². The SMILES string of the molecule is Fc1ccc(CN2C[C@@H]3OCCN(CC4CCCO4)[C@@H]3C2)cc1. The lowest BCUT2D eigenvalue weighted by molar-refractivity contribution is -0.0615. The van der Waals surface area contributed by atoms with Gasteiger partial charge in [-0.3, -0.25) is 9.80 Å². The first kappa shape index (κ1) is 15.5. The molecule has 0 bridgehead atoms. The van der Waals surface area contributed by atoms with Crippen LogP contribution in [-0.4, -0.2) is 67.4 Å². The zero-order valence-corrected chi connectivity index (χ0v) is 13.5. The van der Waals surface area contributed by atoms with E-state index in [1.54, 1.807) is 12.1 Å². The van der Waals surface area contributed by atoms with Gasteiger partial charge < -0.3 is 9.47 Å². The van der Waals surface area contributed by atoms with E-state index in [2.05, 4.69) is 9.80 Å². The molecule has 3 heterocycles. The van der Waals surface area contributed by atoms with Crippen molar-refractivity contribution in [3.63, 3.8) is 0 Å². The molecule has 0 spiro atoms. The molecule has 0 saturated carbocycles. The Morgan fingerprint density at radius 3 is 2.74 bits per heavy atom. The summed E-state index contributed by atoms with van der Waals surface area (Å²) in [6.07, 6.45) is 3.08. The summed E-state index contributed by atoms with van der Waals surface area (Å²) >= 11 is 0. The van der Waals surface area contributed by atoms with Crippen LogP contribution in [0, 0.1) is 5.82 Å². The highest BCUT2D eigenvalue weighted by Gasteiger charge is 2.40. The molecule has 3 fully saturated rings. The molecule has 0 aliphatic carbocycles. The van der Waals surface area contributed by atoms with Gasteiger partial charge in [-0.05, 0) is 30.5 Å². The van der Waals surface area contributed by atoms with Crippen molar-refractivity contribution < 1.29 is 13.9 Å². The van der Waals surface area contributed by atoms with Crippen molar-refractivity contribution in [3.05, 3.63) is 35.6 Å². The van der Waals surface area contributed by atoms with Crippen LogP contribution in [0.4, 0.5) is 4.39 Å². The Morgan fingerprint density at radius 2 is 1.96 bits per heavy atom. The first-order valence-corrected chi connectivity index (χ1v) is 8.72. The van der Waals surface area contributed by atoms with E-state index in [-0.39, 0.29) is 5.82 Å². The van der Waals surface area contributed by atoms with Crippen molar-refractivity contribution in [2.24, 2.45) is 0 Å². The molecule has 1 aromatic rings. The van der Waals surface area contributed by atoms with E-state index in [1.807, 2.05) is 12.1 Å². The number of morpholine rings is 1. The van der Waals surface area contributed by atoms with Crippen molar-refractivity contribution in [1.82, 2.24) is 9.80 Å². The summed E-state index contributed by atoms with van der Waals surface area (Å²) in [4.78, 5) is 4.99. The number of nitrogens with zero attached hydrogens (tertiary/aromatic N) is 2. The summed E-state index contributed by atoms with van der Waals surface area (Å²) < 4.78 is 24.8. The van der Waals surface area contributed by atoms with Gasteiger partial charge in [0.25, 0.3) is 0 Å². The van der Waals surface area contributed by atoms with Crippen LogP contribution in [0.1, 0.15) is 18.4 Å². The van der Waals surface area contributed by atoms with Crippen LogP contribution in [0.5, 0.6) is 0 Å². The Labute approximate surface area is 137 Å². The largest absolute Gasteiger partial charge is 0.377 e. The molecule has 23 heavy (non-hydrogen) atoms. The molecule has 126 valence electrons. The van der Waals surface area contributed by atoms with Crippen LogP contribution in [0.25, 0.3) is 0 Å². The third kappa shape index (κ3) is 3.58. The van der Waals surface area contributed by atoms with E-state index < -0.39 is 0 Å². The number of fused-ring (bicyclic) bond motifs is 1. The number of benzene rings is 1. The fourth-order valence-electron chi connectivity index (χ4n) is 4.09. The molecule has 3 saturated heterocycles. The normalized spacial score (nSPS) is 32.3. The Morgan fingerprint density at radius 1 is 1.09 bits per heavy atom.